The first-order chi connectivity index (χ1) is 12.8. The SMILES string of the molecule is CC(C)(C)OC(=O)Nc1cc(OCCOC(=O)OC(C)(C)C)ccc1[N+](=O)[O-]. The summed E-state index contributed by atoms with van der Waals surface area (Å²) in [5.74, 6) is 0.240. The molecular formula is C18H26N2O8. The summed E-state index contributed by atoms with van der Waals surface area (Å²) in [7, 11) is 0. The van der Waals surface area contributed by atoms with Crippen molar-refractivity contribution in [2.75, 3.05) is 18.5 Å². The molecule has 0 saturated heterocycles. The number of nitro groups is 1. The molecule has 1 amide bonds. The average Bonchev–Trinajstić information content (AvgIpc) is 2.47. The fourth-order valence-corrected chi connectivity index (χ4v) is 1.84. The molecule has 0 aliphatic rings. The molecule has 10 nitrogen and oxygen atoms in total. The fourth-order valence-electron chi connectivity index (χ4n) is 1.84. The molecule has 0 bridgehead atoms. The highest BCUT2D eigenvalue weighted by Gasteiger charge is 2.21. The topological polar surface area (TPSA) is 126 Å². The van der Waals surface area contributed by atoms with Gasteiger partial charge in [0.05, 0.1) is 4.92 Å². The van der Waals surface area contributed by atoms with Crippen molar-refractivity contribution in [3.63, 3.8) is 0 Å². The van der Waals surface area contributed by atoms with E-state index in [4.69, 9.17) is 18.9 Å². The average molecular weight is 398 g/mol. The van der Waals surface area contributed by atoms with Crippen molar-refractivity contribution in [1.82, 2.24) is 0 Å². The van der Waals surface area contributed by atoms with E-state index in [1.807, 2.05) is 0 Å². The molecule has 0 spiro atoms. The van der Waals surface area contributed by atoms with Gasteiger partial charge in [-0.2, -0.15) is 0 Å². The zero-order valence-electron chi connectivity index (χ0n) is 16.9. The molecular weight excluding hydrogens is 372 g/mol. The van der Waals surface area contributed by atoms with Crippen LogP contribution in [-0.2, 0) is 14.2 Å². The van der Waals surface area contributed by atoms with Gasteiger partial charge >= 0.3 is 12.2 Å². The molecule has 0 radical (unpaired) electrons. The second kappa shape index (κ2) is 9.25. The second-order valence-electron chi connectivity index (χ2n) is 7.72. The van der Waals surface area contributed by atoms with Gasteiger partial charge in [0.25, 0.3) is 5.69 Å². The van der Waals surface area contributed by atoms with E-state index in [2.05, 4.69) is 5.32 Å². The summed E-state index contributed by atoms with van der Waals surface area (Å²) in [5.41, 5.74) is -1.82. The van der Waals surface area contributed by atoms with Gasteiger partial charge in [0.2, 0.25) is 0 Å². The van der Waals surface area contributed by atoms with Crippen molar-refractivity contribution in [3.05, 3.63) is 28.3 Å². The summed E-state index contributed by atoms with van der Waals surface area (Å²) >= 11 is 0. The zero-order chi connectivity index (χ0) is 21.5. The number of rotatable bonds is 6. The van der Waals surface area contributed by atoms with Crippen LogP contribution in [0, 0.1) is 10.1 Å². The third-order valence-corrected chi connectivity index (χ3v) is 2.76. The third kappa shape index (κ3) is 9.06. The first-order valence-corrected chi connectivity index (χ1v) is 8.54. The Morgan fingerprint density at radius 1 is 1.04 bits per heavy atom. The van der Waals surface area contributed by atoms with Crippen LogP contribution in [0.3, 0.4) is 0 Å². The molecule has 0 aliphatic carbocycles. The molecule has 0 aliphatic heterocycles. The van der Waals surface area contributed by atoms with Crippen molar-refractivity contribution in [2.45, 2.75) is 52.7 Å². The number of ether oxygens (including phenoxy) is 4. The van der Waals surface area contributed by atoms with Crippen molar-refractivity contribution < 1.29 is 33.5 Å². The van der Waals surface area contributed by atoms with Crippen molar-refractivity contribution in [2.24, 2.45) is 0 Å². The van der Waals surface area contributed by atoms with Crippen LogP contribution in [0.15, 0.2) is 18.2 Å². The van der Waals surface area contributed by atoms with Crippen LogP contribution in [0.2, 0.25) is 0 Å². The Labute approximate surface area is 163 Å². The molecule has 28 heavy (non-hydrogen) atoms. The van der Waals surface area contributed by atoms with Crippen LogP contribution in [0.1, 0.15) is 41.5 Å². The Bertz CT molecular complexity index is 719. The fraction of sp³-hybridized carbons (Fsp3) is 0.556. The predicted octanol–water partition coefficient (Wildman–Crippen LogP) is 4.27. The minimum absolute atomic E-state index is 0.0110. The van der Waals surface area contributed by atoms with Gasteiger partial charge in [-0.25, -0.2) is 9.59 Å². The lowest BCUT2D eigenvalue weighted by Gasteiger charge is -2.20. The molecule has 1 rings (SSSR count). The number of nitro benzene ring substituents is 1. The number of benzene rings is 1. The first-order valence-electron chi connectivity index (χ1n) is 8.54. The Morgan fingerprint density at radius 2 is 1.64 bits per heavy atom. The minimum Gasteiger partial charge on any atom is -0.490 e. The molecule has 1 aromatic rings. The molecule has 0 atom stereocenters. The smallest absolute Gasteiger partial charge is 0.490 e. The largest absolute Gasteiger partial charge is 0.508 e. The van der Waals surface area contributed by atoms with E-state index in [0.717, 1.165) is 0 Å². The maximum Gasteiger partial charge on any atom is 0.508 e. The molecule has 0 unspecified atom stereocenters. The predicted molar refractivity (Wildman–Crippen MR) is 101 cm³/mol. The van der Waals surface area contributed by atoms with Gasteiger partial charge in [-0.15, -0.1) is 0 Å². The van der Waals surface area contributed by atoms with Crippen LogP contribution in [0.25, 0.3) is 0 Å². The Kier molecular flexibility index (Phi) is 7.60. The second-order valence-corrected chi connectivity index (χ2v) is 7.72. The quantitative estimate of drug-likeness (QED) is 0.326. The summed E-state index contributed by atoms with van der Waals surface area (Å²) in [6, 6.07) is 3.85. The third-order valence-electron chi connectivity index (χ3n) is 2.76. The van der Waals surface area contributed by atoms with E-state index < -0.39 is 28.4 Å². The van der Waals surface area contributed by atoms with Gasteiger partial charge in [0.1, 0.15) is 35.9 Å². The molecule has 10 heteroatoms. The number of hydrogen-bond acceptors (Lipinski definition) is 8. The highest BCUT2D eigenvalue weighted by molar-refractivity contribution is 5.88. The van der Waals surface area contributed by atoms with Gasteiger partial charge < -0.3 is 18.9 Å². The van der Waals surface area contributed by atoms with E-state index in [9.17, 15) is 19.7 Å². The normalized spacial score (nSPS) is 11.4. The molecule has 1 aromatic carbocycles. The number of nitrogens with one attached hydrogen (secondary N) is 1. The first kappa shape index (κ1) is 23.0. The van der Waals surface area contributed by atoms with Crippen molar-refractivity contribution in [3.8, 4) is 5.75 Å². The van der Waals surface area contributed by atoms with Crippen LogP contribution in [0.5, 0.6) is 5.75 Å². The Morgan fingerprint density at radius 3 is 2.18 bits per heavy atom. The minimum atomic E-state index is -0.832. The zero-order valence-corrected chi connectivity index (χ0v) is 16.9. The number of anilines is 1. The lowest BCUT2D eigenvalue weighted by atomic mass is 10.2. The van der Waals surface area contributed by atoms with E-state index in [1.165, 1.54) is 18.2 Å². The lowest BCUT2D eigenvalue weighted by molar-refractivity contribution is -0.383. The van der Waals surface area contributed by atoms with Gasteiger partial charge in [0.15, 0.2) is 0 Å². The van der Waals surface area contributed by atoms with E-state index in [-0.39, 0.29) is 30.3 Å². The van der Waals surface area contributed by atoms with Crippen LogP contribution >= 0.6 is 0 Å². The lowest BCUT2D eigenvalue weighted by Crippen LogP contribution is -2.27. The van der Waals surface area contributed by atoms with Gasteiger partial charge in [-0.05, 0) is 47.6 Å². The molecule has 0 aromatic heterocycles. The monoisotopic (exact) mass is 398 g/mol. The van der Waals surface area contributed by atoms with Crippen molar-refractivity contribution in [1.29, 1.82) is 0 Å². The standard InChI is InChI=1S/C18H26N2O8/c1-17(2,3)27-15(21)19-13-11-12(7-8-14(13)20(23)24)25-9-10-26-16(22)28-18(4,5)6/h7-8,11H,9-10H2,1-6H3,(H,19,21). The summed E-state index contributed by atoms with van der Waals surface area (Å²) in [4.78, 5) is 33.9. The molecule has 156 valence electrons. The van der Waals surface area contributed by atoms with Gasteiger partial charge in [-0.1, -0.05) is 0 Å². The maximum atomic E-state index is 11.9. The summed E-state index contributed by atoms with van der Waals surface area (Å²) in [6.07, 6.45) is -1.66. The molecule has 1 N–H and O–H groups in total. The summed E-state index contributed by atoms with van der Waals surface area (Å²) in [6.45, 7) is 10.0. The summed E-state index contributed by atoms with van der Waals surface area (Å²) < 4.78 is 20.3. The van der Waals surface area contributed by atoms with E-state index in [0.29, 0.717) is 0 Å². The maximum absolute atomic E-state index is 11.9. The van der Waals surface area contributed by atoms with E-state index in [1.54, 1.807) is 41.5 Å². The number of amides is 1. The molecule has 0 saturated carbocycles. The van der Waals surface area contributed by atoms with Crippen LogP contribution in [0.4, 0.5) is 21.0 Å². The van der Waals surface area contributed by atoms with Crippen LogP contribution in [-0.4, -0.2) is 41.6 Å². The molecule has 0 fully saturated rings. The van der Waals surface area contributed by atoms with Gasteiger partial charge in [-0.3, -0.25) is 15.4 Å². The highest BCUT2D eigenvalue weighted by Crippen LogP contribution is 2.29. The number of nitrogens with zero attached hydrogens (tertiary/aromatic N) is 1. The van der Waals surface area contributed by atoms with Crippen molar-refractivity contribution >= 4 is 23.6 Å². The number of hydrogen-bond donors (Lipinski definition) is 1. The van der Waals surface area contributed by atoms with Crippen LogP contribution < -0.4 is 10.1 Å². The van der Waals surface area contributed by atoms with E-state index >= 15 is 0 Å². The molecule has 0 heterocycles. The Balaban J connectivity index is 2.70. The Hall–Kier alpha value is -3.04. The van der Waals surface area contributed by atoms with Gasteiger partial charge in [0, 0.05) is 12.1 Å². The number of carbonyl (C=O) groups excluding carboxylic acids is 2. The number of carbonyl (C=O) groups is 2. The highest BCUT2D eigenvalue weighted by atomic mass is 16.7. The summed E-state index contributed by atoms with van der Waals surface area (Å²) in [5, 5.41) is 13.5.